The monoisotopic (exact) mass is 296 g/mol. The van der Waals surface area contributed by atoms with E-state index >= 15 is 0 Å². The Morgan fingerprint density at radius 1 is 1.30 bits per heavy atom. The third-order valence-electron chi connectivity index (χ3n) is 3.88. The van der Waals surface area contributed by atoms with E-state index in [-0.39, 0.29) is 29.0 Å². The van der Waals surface area contributed by atoms with Gasteiger partial charge in [-0.2, -0.15) is 0 Å². The van der Waals surface area contributed by atoms with Crippen molar-refractivity contribution >= 4 is 16.6 Å². The summed E-state index contributed by atoms with van der Waals surface area (Å²) in [6.07, 6.45) is 4.51. The lowest BCUT2D eigenvalue weighted by molar-refractivity contribution is -0.116. The molecule has 0 radical (unpaired) electrons. The van der Waals surface area contributed by atoms with Crippen molar-refractivity contribution in [3.63, 3.8) is 0 Å². The molecule has 1 saturated carbocycles. The van der Waals surface area contributed by atoms with Gasteiger partial charge in [-0.3, -0.25) is 9.00 Å². The van der Waals surface area contributed by atoms with Crippen LogP contribution in [0.15, 0.2) is 24.3 Å². The van der Waals surface area contributed by atoms with Crippen LogP contribution in [0.4, 0.5) is 4.39 Å². The summed E-state index contributed by atoms with van der Waals surface area (Å²) in [5, 5.41) is 0.177. The Morgan fingerprint density at radius 3 is 2.65 bits per heavy atom. The van der Waals surface area contributed by atoms with Crippen molar-refractivity contribution < 1.29 is 13.4 Å². The first-order valence-corrected chi connectivity index (χ1v) is 8.56. The number of Topliss-reactive ketones (excluding diaryl/α,β-unsaturated/α-hetero) is 1. The Labute approximate surface area is 122 Å². The van der Waals surface area contributed by atoms with Gasteiger partial charge in [-0.1, -0.05) is 31.9 Å². The molecule has 0 saturated heterocycles. The summed E-state index contributed by atoms with van der Waals surface area (Å²) in [7, 11) is -1.06. The summed E-state index contributed by atoms with van der Waals surface area (Å²) >= 11 is 0. The van der Waals surface area contributed by atoms with Crippen molar-refractivity contribution in [2.24, 2.45) is 5.92 Å². The standard InChI is InChI=1S/C16H21FO2S/c1-12-3-2-4-16(9-12)20(19)11-15(18)10-13-5-7-14(17)8-6-13/h5-8,12,16H,2-4,9-11H2,1H3. The molecule has 4 heteroatoms. The molecule has 0 amide bonds. The molecular formula is C16H21FO2S. The molecule has 0 N–H and O–H groups in total. The summed E-state index contributed by atoms with van der Waals surface area (Å²) in [5.74, 6) is 0.424. The lowest BCUT2D eigenvalue weighted by Crippen LogP contribution is -2.27. The van der Waals surface area contributed by atoms with Crippen LogP contribution in [0.2, 0.25) is 0 Å². The molecule has 0 spiro atoms. The number of halogens is 1. The fourth-order valence-electron chi connectivity index (χ4n) is 2.77. The third-order valence-corrected chi connectivity index (χ3v) is 5.66. The molecule has 2 rings (SSSR count). The summed E-state index contributed by atoms with van der Waals surface area (Å²) in [6.45, 7) is 2.18. The number of benzene rings is 1. The van der Waals surface area contributed by atoms with Crippen LogP contribution in [-0.2, 0) is 22.0 Å². The van der Waals surface area contributed by atoms with Crippen molar-refractivity contribution in [1.29, 1.82) is 0 Å². The fraction of sp³-hybridized carbons (Fsp3) is 0.562. The molecule has 1 fully saturated rings. The molecule has 110 valence electrons. The van der Waals surface area contributed by atoms with Gasteiger partial charge >= 0.3 is 0 Å². The van der Waals surface area contributed by atoms with Gasteiger partial charge in [0, 0.05) is 22.5 Å². The molecule has 0 bridgehead atoms. The Morgan fingerprint density at radius 2 is 2.00 bits per heavy atom. The van der Waals surface area contributed by atoms with E-state index in [0.717, 1.165) is 24.8 Å². The highest BCUT2D eigenvalue weighted by Gasteiger charge is 2.25. The van der Waals surface area contributed by atoms with E-state index in [0.29, 0.717) is 5.92 Å². The normalized spacial score (nSPS) is 24.3. The number of ketones is 1. The summed E-state index contributed by atoms with van der Waals surface area (Å²) in [4.78, 5) is 11.9. The highest BCUT2D eigenvalue weighted by molar-refractivity contribution is 7.86. The molecule has 1 aromatic rings. The van der Waals surface area contributed by atoms with Crippen molar-refractivity contribution in [1.82, 2.24) is 0 Å². The van der Waals surface area contributed by atoms with Crippen LogP contribution < -0.4 is 0 Å². The van der Waals surface area contributed by atoms with Crippen LogP contribution in [0.5, 0.6) is 0 Å². The zero-order valence-corrected chi connectivity index (χ0v) is 12.6. The summed E-state index contributed by atoms with van der Waals surface area (Å²) < 4.78 is 25.0. The van der Waals surface area contributed by atoms with E-state index in [4.69, 9.17) is 0 Å². The average Bonchev–Trinajstić information content (AvgIpc) is 2.41. The molecule has 2 nitrogen and oxygen atoms in total. The number of hydrogen-bond donors (Lipinski definition) is 0. The molecule has 0 aromatic heterocycles. The quantitative estimate of drug-likeness (QED) is 0.835. The predicted octanol–water partition coefficient (Wildman–Crippen LogP) is 3.26. The van der Waals surface area contributed by atoms with Crippen LogP contribution >= 0.6 is 0 Å². The van der Waals surface area contributed by atoms with E-state index in [1.165, 1.54) is 18.6 Å². The topological polar surface area (TPSA) is 34.1 Å². The number of rotatable bonds is 5. The van der Waals surface area contributed by atoms with Crippen molar-refractivity contribution in [2.75, 3.05) is 5.75 Å². The molecule has 1 aliphatic carbocycles. The van der Waals surface area contributed by atoms with E-state index < -0.39 is 10.8 Å². The summed E-state index contributed by atoms with van der Waals surface area (Å²) in [6, 6.07) is 5.92. The van der Waals surface area contributed by atoms with Crippen LogP contribution in [-0.4, -0.2) is 21.0 Å². The van der Waals surface area contributed by atoms with Gasteiger partial charge in [-0.15, -0.1) is 0 Å². The largest absolute Gasteiger partial charge is 0.298 e. The van der Waals surface area contributed by atoms with Crippen molar-refractivity contribution in [2.45, 2.75) is 44.3 Å². The first kappa shape index (κ1) is 15.4. The minimum absolute atomic E-state index is 0.0202. The van der Waals surface area contributed by atoms with Crippen LogP contribution in [0.25, 0.3) is 0 Å². The molecule has 0 heterocycles. The first-order valence-electron chi connectivity index (χ1n) is 7.18. The Balaban J connectivity index is 1.84. The maximum absolute atomic E-state index is 12.8. The lowest BCUT2D eigenvalue weighted by Gasteiger charge is -2.25. The van der Waals surface area contributed by atoms with Crippen molar-refractivity contribution in [3.8, 4) is 0 Å². The Hall–Kier alpha value is -1.03. The van der Waals surface area contributed by atoms with Crippen LogP contribution in [0.3, 0.4) is 0 Å². The molecule has 3 unspecified atom stereocenters. The maximum atomic E-state index is 12.8. The molecule has 1 aliphatic rings. The first-order chi connectivity index (χ1) is 9.54. The maximum Gasteiger partial charge on any atom is 0.149 e. The lowest BCUT2D eigenvalue weighted by atomic mass is 9.91. The van der Waals surface area contributed by atoms with Crippen molar-refractivity contribution in [3.05, 3.63) is 35.6 Å². The highest BCUT2D eigenvalue weighted by atomic mass is 32.2. The zero-order valence-electron chi connectivity index (χ0n) is 11.8. The highest BCUT2D eigenvalue weighted by Crippen LogP contribution is 2.27. The second-order valence-corrected chi connectivity index (χ2v) is 7.48. The second kappa shape index (κ2) is 7.11. The van der Waals surface area contributed by atoms with Gasteiger partial charge in [0.25, 0.3) is 0 Å². The predicted molar refractivity (Wildman–Crippen MR) is 79.5 cm³/mol. The average molecular weight is 296 g/mol. The Kier molecular flexibility index (Phi) is 5.46. The van der Waals surface area contributed by atoms with Gasteiger partial charge < -0.3 is 0 Å². The molecule has 0 aliphatic heterocycles. The molecule has 1 aromatic carbocycles. The molecule has 3 atom stereocenters. The van der Waals surface area contributed by atoms with Crippen LogP contribution in [0, 0.1) is 11.7 Å². The van der Waals surface area contributed by atoms with Crippen LogP contribution in [0.1, 0.15) is 38.2 Å². The van der Waals surface area contributed by atoms with Gasteiger partial charge in [0.15, 0.2) is 0 Å². The van der Waals surface area contributed by atoms with E-state index in [1.807, 2.05) is 0 Å². The van der Waals surface area contributed by atoms with E-state index in [2.05, 4.69) is 6.92 Å². The third kappa shape index (κ3) is 4.51. The van der Waals surface area contributed by atoms with Gasteiger partial charge in [-0.05, 0) is 36.5 Å². The molecule has 20 heavy (non-hydrogen) atoms. The smallest absolute Gasteiger partial charge is 0.149 e. The number of hydrogen-bond acceptors (Lipinski definition) is 2. The fourth-order valence-corrected chi connectivity index (χ4v) is 4.40. The number of carbonyl (C=O) groups is 1. The number of carbonyl (C=O) groups excluding carboxylic acids is 1. The van der Waals surface area contributed by atoms with E-state index in [1.54, 1.807) is 12.1 Å². The molecular weight excluding hydrogens is 275 g/mol. The van der Waals surface area contributed by atoms with Gasteiger partial charge in [-0.25, -0.2) is 4.39 Å². The van der Waals surface area contributed by atoms with Gasteiger partial charge in [0.05, 0.1) is 5.75 Å². The van der Waals surface area contributed by atoms with Gasteiger partial charge in [0.1, 0.15) is 11.6 Å². The van der Waals surface area contributed by atoms with E-state index in [9.17, 15) is 13.4 Å². The minimum atomic E-state index is -1.06. The van der Waals surface area contributed by atoms with Gasteiger partial charge in [0.2, 0.25) is 0 Å². The minimum Gasteiger partial charge on any atom is -0.298 e. The second-order valence-electron chi connectivity index (χ2n) is 5.76. The SMILES string of the molecule is CC1CCCC(S(=O)CC(=O)Cc2ccc(F)cc2)C1. The zero-order chi connectivity index (χ0) is 14.5. The Bertz CT molecular complexity index is 484. The summed E-state index contributed by atoms with van der Waals surface area (Å²) in [5.41, 5.74) is 0.783.